The molecule has 32 heavy (non-hydrogen) atoms. The maximum Gasteiger partial charge on any atom is 0.210 e. The van der Waals surface area contributed by atoms with Crippen molar-refractivity contribution in [3.05, 3.63) is 63.8 Å². The number of aromatic hydroxyl groups is 4. The lowest BCUT2D eigenvalue weighted by Gasteiger charge is -2.34. The SMILES string of the molecule is CC(C)=CCc1c(O)ccc([C@@]2(O)COc3cc(O)c(CC=C(C)C)c(O)c3C2=O)c1O. The molecule has 0 aliphatic carbocycles. The van der Waals surface area contributed by atoms with Crippen molar-refractivity contribution in [3.8, 4) is 28.7 Å². The van der Waals surface area contributed by atoms with Crippen molar-refractivity contribution < 1.29 is 35.1 Å². The van der Waals surface area contributed by atoms with E-state index in [1.54, 1.807) is 12.2 Å². The minimum atomic E-state index is -2.30. The molecule has 0 saturated heterocycles. The molecule has 5 N–H and O–H groups in total. The van der Waals surface area contributed by atoms with E-state index in [-0.39, 0.29) is 52.3 Å². The average molecular weight is 440 g/mol. The molecule has 0 unspecified atom stereocenters. The zero-order chi connectivity index (χ0) is 23.8. The van der Waals surface area contributed by atoms with Crippen molar-refractivity contribution in [2.24, 2.45) is 0 Å². The van der Waals surface area contributed by atoms with Crippen LogP contribution in [0.5, 0.6) is 28.7 Å². The Hall–Kier alpha value is -3.45. The number of ketones is 1. The molecule has 1 atom stereocenters. The molecule has 0 saturated carbocycles. The molecule has 0 amide bonds. The van der Waals surface area contributed by atoms with E-state index in [1.807, 2.05) is 27.7 Å². The molecule has 3 rings (SSSR count). The van der Waals surface area contributed by atoms with Crippen LogP contribution in [0.1, 0.15) is 54.7 Å². The number of benzene rings is 2. The highest BCUT2D eigenvalue weighted by Gasteiger charge is 2.48. The monoisotopic (exact) mass is 440 g/mol. The molecule has 0 radical (unpaired) electrons. The summed E-state index contributed by atoms with van der Waals surface area (Å²) < 4.78 is 5.54. The minimum Gasteiger partial charge on any atom is -0.508 e. The first kappa shape index (κ1) is 23.2. The van der Waals surface area contributed by atoms with Gasteiger partial charge >= 0.3 is 0 Å². The van der Waals surface area contributed by atoms with Crippen LogP contribution in [0.25, 0.3) is 0 Å². The summed E-state index contributed by atoms with van der Waals surface area (Å²) in [7, 11) is 0. The Kier molecular flexibility index (Phi) is 6.23. The van der Waals surface area contributed by atoms with Crippen molar-refractivity contribution >= 4 is 5.78 Å². The third kappa shape index (κ3) is 4.03. The number of aliphatic hydroxyl groups is 1. The molecular weight excluding hydrogens is 412 g/mol. The van der Waals surface area contributed by atoms with Crippen LogP contribution in [0.2, 0.25) is 0 Å². The number of rotatable bonds is 5. The second kappa shape index (κ2) is 8.59. The average Bonchev–Trinajstić information content (AvgIpc) is 2.70. The Balaban J connectivity index is 2.13. The van der Waals surface area contributed by atoms with E-state index < -0.39 is 29.5 Å². The van der Waals surface area contributed by atoms with Crippen LogP contribution in [-0.4, -0.2) is 37.9 Å². The van der Waals surface area contributed by atoms with Gasteiger partial charge in [0.2, 0.25) is 5.78 Å². The summed E-state index contributed by atoms with van der Waals surface area (Å²) in [6.07, 6.45) is 3.95. The Morgan fingerprint density at radius 1 is 0.938 bits per heavy atom. The molecule has 1 aliphatic rings. The molecule has 1 heterocycles. The number of hydrogen-bond acceptors (Lipinski definition) is 7. The first-order valence-electron chi connectivity index (χ1n) is 10.3. The smallest absolute Gasteiger partial charge is 0.210 e. The lowest BCUT2D eigenvalue weighted by atomic mass is 9.81. The van der Waals surface area contributed by atoms with Gasteiger partial charge in [-0.1, -0.05) is 23.3 Å². The maximum atomic E-state index is 13.4. The Bertz CT molecular complexity index is 1140. The molecule has 7 nitrogen and oxygen atoms in total. The van der Waals surface area contributed by atoms with E-state index in [4.69, 9.17) is 4.74 Å². The van der Waals surface area contributed by atoms with Crippen LogP contribution in [0.3, 0.4) is 0 Å². The summed E-state index contributed by atoms with van der Waals surface area (Å²) in [6.45, 7) is 6.92. The number of hydrogen-bond donors (Lipinski definition) is 5. The highest BCUT2D eigenvalue weighted by Crippen LogP contribution is 2.47. The van der Waals surface area contributed by atoms with Crippen molar-refractivity contribution in [2.75, 3.05) is 6.61 Å². The Morgan fingerprint density at radius 3 is 2.06 bits per heavy atom. The van der Waals surface area contributed by atoms with Crippen molar-refractivity contribution in [1.29, 1.82) is 0 Å². The van der Waals surface area contributed by atoms with Gasteiger partial charge in [-0.2, -0.15) is 0 Å². The van der Waals surface area contributed by atoms with Crippen LogP contribution < -0.4 is 4.74 Å². The lowest BCUT2D eigenvalue weighted by Crippen LogP contribution is -2.45. The van der Waals surface area contributed by atoms with Gasteiger partial charge in [-0.05, 0) is 52.7 Å². The summed E-state index contributed by atoms with van der Waals surface area (Å²) in [6, 6.07) is 3.78. The van der Waals surface area contributed by atoms with Gasteiger partial charge in [0.05, 0.1) is 0 Å². The molecule has 2 aromatic carbocycles. The van der Waals surface area contributed by atoms with Crippen molar-refractivity contribution in [1.82, 2.24) is 0 Å². The quantitative estimate of drug-likeness (QED) is 0.445. The normalized spacial score (nSPS) is 17.3. The number of ether oxygens (including phenoxy) is 1. The number of Topliss-reactive ketones (excluding diaryl/α,β-unsaturated/α-hetero) is 1. The van der Waals surface area contributed by atoms with E-state index in [9.17, 15) is 30.3 Å². The minimum absolute atomic E-state index is 0.0568. The van der Waals surface area contributed by atoms with Gasteiger partial charge in [-0.25, -0.2) is 0 Å². The van der Waals surface area contributed by atoms with Gasteiger partial charge in [0.25, 0.3) is 0 Å². The fourth-order valence-corrected chi connectivity index (χ4v) is 3.63. The largest absolute Gasteiger partial charge is 0.508 e. The van der Waals surface area contributed by atoms with Crippen LogP contribution in [0.4, 0.5) is 0 Å². The fraction of sp³-hybridized carbons (Fsp3) is 0.320. The molecule has 0 aromatic heterocycles. The first-order valence-corrected chi connectivity index (χ1v) is 10.3. The summed E-state index contributed by atoms with van der Waals surface area (Å²) in [5.41, 5.74) is -0.494. The Labute approximate surface area is 186 Å². The molecular formula is C25H28O7. The predicted molar refractivity (Wildman–Crippen MR) is 120 cm³/mol. The highest BCUT2D eigenvalue weighted by molar-refractivity contribution is 6.09. The van der Waals surface area contributed by atoms with E-state index in [2.05, 4.69) is 0 Å². The number of allylic oxidation sites excluding steroid dienone is 4. The molecule has 0 bridgehead atoms. The number of carbonyl (C=O) groups is 1. The summed E-state index contributed by atoms with van der Waals surface area (Å²) in [5.74, 6) is -2.23. The lowest BCUT2D eigenvalue weighted by molar-refractivity contribution is -0.00683. The van der Waals surface area contributed by atoms with Gasteiger partial charge in [-0.3, -0.25) is 4.79 Å². The number of phenols is 4. The third-order valence-corrected chi connectivity index (χ3v) is 5.52. The predicted octanol–water partition coefficient (Wildman–Crippen LogP) is 3.99. The number of carbonyl (C=O) groups excluding carboxylic acids is 1. The van der Waals surface area contributed by atoms with E-state index >= 15 is 0 Å². The molecule has 0 fully saturated rings. The first-order chi connectivity index (χ1) is 15.0. The van der Waals surface area contributed by atoms with Crippen LogP contribution in [0.15, 0.2) is 41.5 Å². The van der Waals surface area contributed by atoms with Crippen LogP contribution in [0, 0.1) is 0 Å². The molecule has 2 aromatic rings. The van der Waals surface area contributed by atoms with Crippen LogP contribution in [-0.2, 0) is 18.4 Å². The third-order valence-electron chi connectivity index (χ3n) is 5.52. The zero-order valence-electron chi connectivity index (χ0n) is 18.6. The van der Waals surface area contributed by atoms with Crippen molar-refractivity contribution in [3.63, 3.8) is 0 Å². The molecule has 170 valence electrons. The van der Waals surface area contributed by atoms with Gasteiger partial charge in [-0.15, -0.1) is 0 Å². The number of fused-ring (bicyclic) bond motifs is 1. The van der Waals surface area contributed by atoms with Gasteiger partial charge in [0.15, 0.2) is 5.60 Å². The summed E-state index contributed by atoms with van der Waals surface area (Å²) >= 11 is 0. The van der Waals surface area contributed by atoms with Crippen LogP contribution >= 0.6 is 0 Å². The van der Waals surface area contributed by atoms with Gasteiger partial charge in [0, 0.05) is 22.8 Å². The summed E-state index contributed by atoms with van der Waals surface area (Å²) in [5, 5.41) is 53.4. The second-order valence-corrected chi connectivity index (χ2v) is 8.50. The van der Waals surface area contributed by atoms with E-state index in [0.717, 1.165) is 11.1 Å². The maximum absolute atomic E-state index is 13.4. The summed E-state index contributed by atoms with van der Waals surface area (Å²) in [4.78, 5) is 13.4. The second-order valence-electron chi connectivity index (χ2n) is 8.50. The van der Waals surface area contributed by atoms with Crippen molar-refractivity contribution in [2.45, 2.75) is 46.1 Å². The highest BCUT2D eigenvalue weighted by atomic mass is 16.5. The van der Waals surface area contributed by atoms with Gasteiger partial charge in [0.1, 0.15) is 40.9 Å². The Morgan fingerprint density at radius 2 is 1.50 bits per heavy atom. The van der Waals surface area contributed by atoms with E-state index in [0.29, 0.717) is 0 Å². The van der Waals surface area contributed by atoms with E-state index in [1.165, 1.54) is 18.2 Å². The molecule has 1 aliphatic heterocycles. The van der Waals surface area contributed by atoms with Gasteiger partial charge < -0.3 is 30.3 Å². The fourth-order valence-electron chi connectivity index (χ4n) is 3.63. The standard InChI is InChI=1S/C25H28O7/c1-13(2)5-7-15-18(26)10-9-17(22(15)28)25(31)12-32-20-11-19(27)16(8-6-14(3)4)23(29)21(20)24(25)30/h5-6,9-11,26-29,31H,7-8,12H2,1-4H3/t25-/m0/s1. The molecule has 0 spiro atoms. The zero-order valence-corrected chi connectivity index (χ0v) is 18.6. The molecule has 7 heteroatoms. The topological polar surface area (TPSA) is 127 Å². The number of phenolic OH excluding ortho intramolecular Hbond substituents is 4.